The second-order valence-electron chi connectivity index (χ2n) is 5.41. The van der Waals surface area contributed by atoms with Crippen LogP contribution in [0.1, 0.15) is 46.5 Å². The van der Waals surface area contributed by atoms with E-state index in [1.54, 1.807) is 0 Å². The molecule has 0 saturated heterocycles. The van der Waals surface area contributed by atoms with Gasteiger partial charge in [0.1, 0.15) is 0 Å². The van der Waals surface area contributed by atoms with E-state index in [1.165, 1.54) is 5.57 Å². The van der Waals surface area contributed by atoms with Crippen LogP contribution in [0.5, 0.6) is 0 Å². The summed E-state index contributed by atoms with van der Waals surface area (Å²) in [4.78, 5) is 11.5. The zero-order valence-corrected chi connectivity index (χ0v) is 12.9. The lowest BCUT2D eigenvalue weighted by molar-refractivity contribution is -0.120. The predicted molar refractivity (Wildman–Crippen MR) is 86.1 cm³/mol. The Morgan fingerprint density at radius 2 is 2.25 bits per heavy atom. The Hall–Kier alpha value is -1.57. The van der Waals surface area contributed by atoms with Crippen LogP contribution in [0.15, 0.2) is 47.6 Å². The molecule has 0 heterocycles. The fourth-order valence-corrected chi connectivity index (χ4v) is 2.59. The molecule has 110 valence electrons. The fourth-order valence-electron chi connectivity index (χ4n) is 2.59. The molecule has 2 heteroatoms. The summed E-state index contributed by atoms with van der Waals surface area (Å²) in [6, 6.07) is 0. The third-order valence-corrected chi connectivity index (χ3v) is 3.79. The van der Waals surface area contributed by atoms with E-state index in [0.717, 1.165) is 31.3 Å². The van der Waals surface area contributed by atoms with Crippen molar-refractivity contribution in [2.75, 3.05) is 0 Å². The average Bonchev–Trinajstić information content (AvgIpc) is 2.39. The minimum atomic E-state index is -0.204. The lowest BCUT2D eigenvalue weighted by Gasteiger charge is -2.19. The highest BCUT2D eigenvalue weighted by Crippen LogP contribution is 2.26. The van der Waals surface area contributed by atoms with Crippen molar-refractivity contribution in [1.82, 2.24) is 0 Å². The topological polar surface area (TPSA) is 43.1 Å². The largest absolute Gasteiger partial charge is 0.369 e. The molecule has 2 nitrogen and oxygen atoms in total. The van der Waals surface area contributed by atoms with E-state index in [-0.39, 0.29) is 11.8 Å². The summed E-state index contributed by atoms with van der Waals surface area (Å²) in [6.07, 6.45) is 17.0. The van der Waals surface area contributed by atoms with Crippen molar-refractivity contribution in [3.05, 3.63) is 47.6 Å². The Labute approximate surface area is 123 Å². The quantitative estimate of drug-likeness (QED) is 0.589. The SMILES string of the molecule is C/C=C(\C=C/CC)CC1C=C(C)C(C(N)=O)CC/C=C\1. The Kier molecular flexibility index (Phi) is 7.06. The molecule has 1 amide bonds. The van der Waals surface area contributed by atoms with Crippen molar-refractivity contribution in [3.8, 4) is 0 Å². The summed E-state index contributed by atoms with van der Waals surface area (Å²) >= 11 is 0. The van der Waals surface area contributed by atoms with Gasteiger partial charge < -0.3 is 5.73 Å². The summed E-state index contributed by atoms with van der Waals surface area (Å²) in [5.74, 6) is 0.0393. The van der Waals surface area contributed by atoms with Gasteiger partial charge in [0.2, 0.25) is 5.91 Å². The van der Waals surface area contributed by atoms with Crippen molar-refractivity contribution >= 4 is 5.91 Å². The number of rotatable bonds is 5. The Balaban J connectivity index is 2.85. The van der Waals surface area contributed by atoms with Crippen LogP contribution in [-0.2, 0) is 4.79 Å². The smallest absolute Gasteiger partial charge is 0.224 e. The van der Waals surface area contributed by atoms with Crippen molar-refractivity contribution in [2.24, 2.45) is 17.6 Å². The van der Waals surface area contributed by atoms with E-state index in [4.69, 9.17) is 5.73 Å². The first-order valence-electron chi connectivity index (χ1n) is 7.54. The normalized spacial score (nSPS) is 25.9. The van der Waals surface area contributed by atoms with Crippen molar-refractivity contribution in [1.29, 1.82) is 0 Å². The first-order chi connectivity index (χ1) is 9.58. The van der Waals surface area contributed by atoms with Crippen LogP contribution in [0.2, 0.25) is 0 Å². The van der Waals surface area contributed by atoms with Gasteiger partial charge in [0.25, 0.3) is 0 Å². The fraction of sp³-hybridized carbons (Fsp3) is 0.500. The Morgan fingerprint density at radius 3 is 2.85 bits per heavy atom. The molecule has 0 saturated carbocycles. The number of allylic oxidation sites excluding steroid dienone is 7. The van der Waals surface area contributed by atoms with Gasteiger partial charge >= 0.3 is 0 Å². The van der Waals surface area contributed by atoms with Gasteiger partial charge in [-0.2, -0.15) is 0 Å². The van der Waals surface area contributed by atoms with Gasteiger partial charge in [-0.15, -0.1) is 0 Å². The standard InChI is InChI=1S/C18H27NO/c1-4-6-9-15(5-2)13-16-10-7-8-11-17(18(19)20)14(3)12-16/h5-7,9-10,12,16-17H,4,8,11,13H2,1-3H3,(H2,19,20)/b9-6-,10-7-,14-12?,15-5+. The molecule has 0 aliphatic heterocycles. The lowest BCUT2D eigenvalue weighted by atomic mass is 9.86. The highest BCUT2D eigenvalue weighted by molar-refractivity contribution is 5.79. The average molecular weight is 273 g/mol. The molecular formula is C18H27NO. The van der Waals surface area contributed by atoms with Gasteiger partial charge in [0.15, 0.2) is 0 Å². The molecule has 1 aliphatic carbocycles. The molecule has 0 bridgehead atoms. The first kappa shape index (κ1) is 16.5. The van der Waals surface area contributed by atoms with E-state index in [9.17, 15) is 4.79 Å². The summed E-state index contributed by atoms with van der Waals surface area (Å²) in [5.41, 5.74) is 7.94. The van der Waals surface area contributed by atoms with Crippen LogP contribution < -0.4 is 5.73 Å². The van der Waals surface area contributed by atoms with Gasteiger partial charge in [0.05, 0.1) is 5.92 Å². The van der Waals surface area contributed by atoms with E-state index in [2.05, 4.69) is 50.3 Å². The number of carbonyl (C=O) groups is 1. The zero-order chi connectivity index (χ0) is 15.0. The minimum Gasteiger partial charge on any atom is -0.369 e. The van der Waals surface area contributed by atoms with Crippen molar-refractivity contribution in [3.63, 3.8) is 0 Å². The third-order valence-electron chi connectivity index (χ3n) is 3.79. The highest BCUT2D eigenvalue weighted by Gasteiger charge is 2.19. The molecule has 0 aromatic carbocycles. The monoisotopic (exact) mass is 273 g/mol. The zero-order valence-electron chi connectivity index (χ0n) is 12.9. The molecule has 0 aromatic heterocycles. The molecule has 1 aliphatic rings. The van der Waals surface area contributed by atoms with E-state index in [1.807, 2.05) is 6.92 Å². The molecule has 2 unspecified atom stereocenters. The van der Waals surface area contributed by atoms with Crippen molar-refractivity contribution < 1.29 is 4.79 Å². The molecule has 0 fully saturated rings. The van der Waals surface area contributed by atoms with E-state index >= 15 is 0 Å². The number of nitrogens with two attached hydrogens (primary N) is 1. The molecule has 0 radical (unpaired) electrons. The summed E-state index contributed by atoms with van der Waals surface area (Å²) in [6.45, 7) is 6.24. The maximum Gasteiger partial charge on any atom is 0.224 e. The second kappa shape index (κ2) is 8.57. The van der Waals surface area contributed by atoms with Gasteiger partial charge in [-0.05, 0) is 45.4 Å². The number of amides is 1. The Morgan fingerprint density at radius 1 is 1.50 bits per heavy atom. The number of primary amides is 1. The van der Waals surface area contributed by atoms with Crippen LogP contribution in [0, 0.1) is 11.8 Å². The number of hydrogen-bond donors (Lipinski definition) is 1. The third kappa shape index (κ3) is 5.20. The molecular weight excluding hydrogens is 246 g/mol. The van der Waals surface area contributed by atoms with Crippen LogP contribution in [0.4, 0.5) is 0 Å². The van der Waals surface area contributed by atoms with Gasteiger partial charge in [-0.25, -0.2) is 0 Å². The van der Waals surface area contributed by atoms with Crippen LogP contribution in [0.25, 0.3) is 0 Å². The molecule has 0 aromatic rings. The highest BCUT2D eigenvalue weighted by atomic mass is 16.1. The molecule has 20 heavy (non-hydrogen) atoms. The van der Waals surface area contributed by atoms with Gasteiger partial charge in [-0.3, -0.25) is 4.79 Å². The second-order valence-corrected chi connectivity index (χ2v) is 5.41. The maximum absolute atomic E-state index is 11.5. The Bertz CT molecular complexity index is 440. The summed E-state index contributed by atoms with van der Waals surface area (Å²) < 4.78 is 0. The lowest BCUT2D eigenvalue weighted by Crippen LogP contribution is -2.24. The first-order valence-corrected chi connectivity index (χ1v) is 7.54. The van der Waals surface area contributed by atoms with Gasteiger partial charge in [-0.1, -0.05) is 54.5 Å². The molecule has 1 rings (SSSR count). The van der Waals surface area contributed by atoms with Crippen LogP contribution >= 0.6 is 0 Å². The summed E-state index contributed by atoms with van der Waals surface area (Å²) in [5, 5.41) is 0. The van der Waals surface area contributed by atoms with Gasteiger partial charge in [0, 0.05) is 0 Å². The number of hydrogen-bond acceptors (Lipinski definition) is 1. The minimum absolute atomic E-state index is 0.109. The summed E-state index contributed by atoms with van der Waals surface area (Å²) in [7, 11) is 0. The van der Waals surface area contributed by atoms with Crippen LogP contribution in [0.3, 0.4) is 0 Å². The predicted octanol–water partition coefficient (Wildman–Crippen LogP) is 4.30. The molecule has 0 spiro atoms. The van der Waals surface area contributed by atoms with E-state index in [0.29, 0.717) is 5.92 Å². The van der Waals surface area contributed by atoms with Crippen molar-refractivity contribution in [2.45, 2.75) is 46.5 Å². The maximum atomic E-state index is 11.5. The number of carbonyl (C=O) groups excluding carboxylic acids is 1. The van der Waals surface area contributed by atoms with Crippen LogP contribution in [-0.4, -0.2) is 5.91 Å². The molecule has 2 atom stereocenters. The van der Waals surface area contributed by atoms with E-state index < -0.39 is 0 Å². The molecule has 2 N–H and O–H groups in total.